The Hall–Kier alpha value is -2.15. The molecule has 0 saturated heterocycles. The molecule has 0 unspecified atom stereocenters. The van der Waals surface area contributed by atoms with E-state index in [9.17, 15) is 9.59 Å². The van der Waals surface area contributed by atoms with E-state index in [2.05, 4.69) is 5.32 Å². The Kier molecular flexibility index (Phi) is 7.18. The van der Waals surface area contributed by atoms with Crippen LogP contribution in [0.3, 0.4) is 0 Å². The Bertz CT molecular complexity index is 769. The van der Waals surface area contributed by atoms with Gasteiger partial charge in [0.25, 0.3) is 0 Å². The molecule has 0 saturated carbocycles. The van der Waals surface area contributed by atoms with Crippen molar-refractivity contribution in [2.24, 2.45) is 0 Å². The lowest BCUT2D eigenvalue weighted by Crippen LogP contribution is -2.31. The first-order valence-corrected chi connectivity index (χ1v) is 8.02. The van der Waals surface area contributed by atoms with Gasteiger partial charge in [0.2, 0.25) is 0 Å². The molecule has 0 aliphatic rings. The van der Waals surface area contributed by atoms with Crippen molar-refractivity contribution in [3.05, 3.63) is 57.5 Å². The molecule has 9 heteroatoms. The van der Waals surface area contributed by atoms with Crippen LogP contribution < -0.4 is 14.8 Å². The molecule has 25 heavy (non-hydrogen) atoms. The van der Waals surface area contributed by atoms with Gasteiger partial charge in [0.1, 0.15) is 11.5 Å². The number of carbonyl (C=O) groups excluding carboxylic acids is 2. The highest BCUT2D eigenvalue weighted by molar-refractivity contribution is 6.35. The number of rotatable bonds is 6. The van der Waals surface area contributed by atoms with Gasteiger partial charge in [-0.2, -0.15) is 0 Å². The van der Waals surface area contributed by atoms with E-state index in [0.29, 0.717) is 10.0 Å². The van der Waals surface area contributed by atoms with Gasteiger partial charge in [-0.05, 0) is 36.4 Å². The Morgan fingerprint density at radius 3 is 2.48 bits per heavy atom. The van der Waals surface area contributed by atoms with Crippen molar-refractivity contribution >= 4 is 46.9 Å². The van der Waals surface area contributed by atoms with Crippen molar-refractivity contribution in [1.29, 1.82) is 0 Å². The average Bonchev–Trinajstić information content (AvgIpc) is 2.54. The summed E-state index contributed by atoms with van der Waals surface area (Å²) in [6, 6.07) is 10.9. The van der Waals surface area contributed by atoms with Gasteiger partial charge in [-0.25, -0.2) is 9.59 Å². The minimum absolute atomic E-state index is 0.261. The van der Waals surface area contributed by atoms with Gasteiger partial charge in [0, 0.05) is 10.0 Å². The molecule has 0 aliphatic carbocycles. The lowest BCUT2D eigenvalue weighted by atomic mass is 10.3. The molecule has 2 rings (SSSR count). The quantitative estimate of drug-likeness (QED) is 0.573. The van der Waals surface area contributed by atoms with E-state index >= 15 is 0 Å². The fraction of sp³-hybridized carbons (Fsp3) is 0.125. The van der Waals surface area contributed by atoms with Gasteiger partial charge in [-0.3, -0.25) is 5.32 Å². The van der Waals surface area contributed by atoms with Crippen LogP contribution >= 0.6 is 34.8 Å². The van der Waals surface area contributed by atoms with E-state index in [1.54, 1.807) is 24.3 Å². The van der Waals surface area contributed by atoms with Crippen LogP contribution in [0.2, 0.25) is 15.1 Å². The second-order valence-corrected chi connectivity index (χ2v) is 5.83. The second-order valence-electron chi connectivity index (χ2n) is 4.55. The Morgan fingerprint density at radius 2 is 1.76 bits per heavy atom. The number of hydrogen-bond donors (Lipinski definition) is 1. The first kappa shape index (κ1) is 19.2. The standard InChI is InChI=1S/C16H12Cl3NO5/c17-10-2-1-3-12(6-10)25-16(22)20-9-24-15(21)8-23-14-5-4-11(18)7-13(14)19/h1-7H,8-9H2,(H,20,22). The molecular formula is C16H12Cl3NO5. The van der Waals surface area contributed by atoms with E-state index in [1.807, 2.05) is 0 Å². The molecule has 0 fully saturated rings. The summed E-state index contributed by atoms with van der Waals surface area (Å²) in [4.78, 5) is 23.1. The zero-order valence-electron chi connectivity index (χ0n) is 12.6. The fourth-order valence-corrected chi connectivity index (χ4v) is 2.26. The lowest BCUT2D eigenvalue weighted by Gasteiger charge is -2.09. The van der Waals surface area contributed by atoms with Crippen LogP contribution in [0.15, 0.2) is 42.5 Å². The molecule has 132 valence electrons. The molecule has 0 heterocycles. The number of halogens is 3. The molecule has 1 amide bonds. The summed E-state index contributed by atoms with van der Waals surface area (Å²) in [5.74, 6) is -0.151. The molecule has 2 aromatic carbocycles. The fourth-order valence-electron chi connectivity index (χ4n) is 1.62. The summed E-state index contributed by atoms with van der Waals surface area (Å²) in [5, 5.41) is 3.39. The third-order valence-corrected chi connectivity index (χ3v) is 3.46. The van der Waals surface area contributed by atoms with E-state index in [-0.39, 0.29) is 29.9 Å². The third kappa shape index (κ3) is 6.70. The maximum absolute atomic E-state index is 11.6. The van der Waals surface area contributed by atoms with Crippen molar-refractivity contribution in [2.75, 3.05) is 13.3 Å². The monoisotopic (exact) mass is 403 g/mol. The number of hydrogen-bond acceptors (Lipinski definition) is 5. The van der Waals surface area contributed by atoms with Crippen LogP contribution in [0, 0.1) is 0 Å². The van der Waals surface area contributed by atoms with E-state index in [4.69, 9.17) is 49.0 Å². The van der Waals surface area contributed by atoms with Crippen molar-refractivity contribution in [3.63, 3.8) is 0 Å². The number of carbonyl (C=O) groups is 2. The second kappa shape index (κ2) is 9.36. The molecule has 0 spiro atoms. The summed E-state index contributed by atoms with van der Waals surface area (Å²) in [6.07, 6.45) is -0.795. The summed E-state index contributed by atoms with van der Waals surface area (Å²) in [7, 11) is 0. The first-order chi connectivity index (χ1) is 11.9. The van der Waals surface area contributed by atoms with Gasteiger partial charge < -0.3 is 14.2 Å². The van der Waals surface area contributed by atoms with E-state index in [0.717, 1.165) is 0 Å². The minimum atomic E-state index is -0.795. The first-order valence-electron chi connectivity index (χ1n) is 6.89. The van der Waals surface area contributed by atoms with Crippen molar-refractivity contribution < 1.29 is 23.8 Å². The van der Waals surface area contributed by atoms with Crippen LogP contribution in [0.4, 0.5) is 4.79 Å². The van der Waals surface area contributed by atoms with Crippen molar-refractivity contribution in [1.82, 2.24) is 5.32 Å². The number of amides is 1. The number of ether oxygens (including phenoxy) is 3. The highest BCUT2D eigenvalue weighted by Crippen LogP contribution is 2.27. The molecule has 0 atom stereocenters. The van der Waals surface area contributed by atoms with E-state index < -0.39 is 12.1 Å². The Balaban J connectivity index is 1.68. The molecular weight excluding hydrogens is 393 g/mol. The number of benzene rings is 2. The average molecular weight is 405 g/mol. The highest BCUT2D eigenvalue weighted by Gasteiger charge is 2.09. The molecule has 0 bridgehead atoms. The molecule has 6 nitrogen and oxygen atoms in total. The Morgan fingerprint density at radius 1 is 1.00 bits per heavy atom. The van der Waals surface area contributed by atoms with Crippen molar-refractivity contribution in [2.45, 2.75) is 0 Å². The minimum Gasteiger partial charge on any atom is -0.480 e. The van der Waals surface area contributed by atoms with Crippen LogP contribution in [-0.2, 0) is 9.53 Å². The zero-order valence-corrected chi connectivity index (χ0v) is 14.9. The number of esters is 1. The van der Waals surface area contributed by atoms with Gasteiger partial charge in [-0.1, -0.05) is 40.9 Å². The lowest BCUT2D eigenvalue weighted by molar-refractivity contribution is -0.146. The maximum Gasteiger partial charge on any atom is 0.415 e. The third-order valence-electron chi connectivity index (χ3n) is 2.70. The van der Waals surface area contributed by atoms with Gasteiger partial charge in [0.15, 0.2) is 13.3 Å². The zero-order chi connectivity index (χ0) is 18.2. The highest BCUT2D eigenvalue weighted by atomic mass is 35.5. The number of nitrogens with one attached hydrogen (secondary N) is 1. The normalized spacial score (nSPS) is 10.0. The van der Waals surface area contributed by atoms with Gasteiger partial charge in [0.05, 0.1) is 5.02 Å². The summed E-state index contributed by atoms with van der Waals surface area (Å²) in [5.41, 5.74) is 0. The van der Waals surface area contributed by atoms with E-state index in [1.165, 1.54) is 18.2 Å². The van der Waals surface area contributed by atoms with Crippen molar-refractivity contribution in [3.8, 4) is 11.5 Å². The summed E-state index contributed by atoms with van der Waals surface area (Å²) >= 11 is 17.4. The molecule has 0 aromatic heterocycles. The Labute approximate surface area is 158 Å². The molecule has 2 aromatic rings. The predicted molar refractivity (Wildman–Crippen MR) is 93.5 cm³/mol. The summed E-state index contributed by atoms with van der Waals surface area (Å²) < 4.78 is 14.9. The largest absolute Gasteiger partial charge is 0.480 e. The molecule has 0 aliphatic heterocycles. The topological polar surface area (TPSA) is 73.9 Å². The smallest absolute Gasteiger partial charge is 0.415 e. The van der Waals surface area contributed by atoms with Crippen LogP contribution in [-0.4, -0.2) is 25.4 Å². The van der Waals surface area contributed by atoms with Gasteiger partial charge in [-0.15, -0.1) is 0 Å². The maximum atomic E-state index is 11.6. The summed E-state index contributed by atoms with van der Waals surface area (Å²) in [6.45, 7) is -0.762. The van der Waals surface area contributed by atoms with Crippen LogP contribution in [0.5, 0.6) is 11.5 Å². The molecule has 0 radical (unpaired) electrons. The van der Waals surface area contributed by atoms with Gasteiger partial charge >= 0.3 is 12.1 Å². The van der Waals surface area contributed by atoms with Crippen LogP contribution in [0.25, 0.3) is 0 Å². The SMILES string of the molecule is O=C(COc1ccc(Cl)cc1Cl)OCNC(=O)Oc1cccc(Cl)c1. The molecule has 1 N–H and O–H groups in total. The predicted octanol–water partition coefficient (Wildman–Crippen LogP) is 4.31. The van der Waals surface area contributed by atoms with Crippen LogP contribution in [0.1, 0.15) is 0 Å².